The van der Waals surface area contributed by atoms with Gasteiger partial charge < -0.3 is 15.2 Å². The largest absolute Gasteiger partial charge is 0.495 e. The van der Waals surface area contributed by atoms with Gasteiger partial charge in [0.15, 0.2) is 0 Å². The van der Waals surface area contributed by atoms with Crippen LogP contribution in [0.25, 0.3) is 0 Å². The Morgan fingerprint density at radius 3 is 2.89 bits per heavy atom. The van der Waals surface area contributed by atoms with Gasteiger partial charge in [0.1, 0.15) is 11.6 Å². The van der Waals surface area contributed by atoms with E-state index in [1.54, 1.807) is 0 Å². The summed E-state index contributed by atoms with van der Waals surface area (Å²) in [6.45, 7) is 0.358. The van der Waals surface area contributed by atoms with Gasteiger partial charge in [-0.1, -0.05) is 11.6 Å². The predicted octanol–water partition coefficient (Wildman–Crippen LogP) is 2.22. The summed E-state index contributed by atoms with van der Waals surface area (Å²) < 4.78 is 18.5. The molecule has 1 fully saturated rings. The molecule has 0 radical (unpaired) electrons. The Hall–Kier alpha value is -1.33. The highest BCUT2D eigenvalue weighted by Gasteiger charge is 2.32. The molecule has 1 aliphatic heterocycles. The average molecular weight is 274 g/mol. The third-order valence-corrected chi connectivity index (χ3v) is 3.38. The molecule has 2 atom stereocenters. The highest BCUT2D eigenvalue weighted by molar-refractivity contribution is 6.32. The zero-order chi connectivity index (χ0) is 13.3. The molecule has 18 heavy (non-hydrogen) atoms. The molecule has 0 bridgehead atoms. The maximum absolute atomic E-state index is 13.4. The number of hydrogen-bond acceptors (Lipinski definition) is 3. The summed E-state index contributed by atoms with van der Waals surface area (Å²) in [6, 6.07) is 2.24. The Labute approximate surface area is 109 Å². The highest BCUT2D eigenvalue weighted by Crippen LogP contribution is 2.38. The van der Waals surface area contributed by atoms with E-state index in [0.717, 1.165) is 0 Å². The summed E-state index contributed by atoms with van der Waals surface area (Å²) in [5.41, 5.74) is 0.561. The molecule has 1 saturated heterocycles. The number of carboxylic acids is 1. The van der Waals surface area contributed by atoms with Crippen molar-refractivity contribution >= 4 is 17.6 Å². The van der Waals surface area contributed by atoms with Gasteiger partial charge in [-0.05, 0) is 18.6 Å². The Bertz CT molecular complexity index is 481. The van der Waals surface area contributed by atoms with Gasteiger partial charge in [-0.2, -0.15) is 0 Å². The number of aliphatic carboxylic acids is 1. The smallest absolute Gasteiger partial charge is 0.307 e. The van der Waals surface area contributed by atoms with Crippen LogP contribution in [0.3, 0.4) is 0 Å². The topological polar surface area (TPSA) is 58.6 Å². The molecule has 1 aliphatic rings. The van der Waals surface area contributed by atoms with Gasteiger partial charge in [0.05, 0.1) is 18.1 Å². The van der Waals surface area contributed by atoms with Crippen molar-refractivity contribution in [1.29, 1.82) is 0 Å². The van der Waals surface area contributed by atoms with E-state index in [1.807, 2.05) is 0 Å². The van der Waals surface area contributed by atoms with Crippen molar-refractivity contribution in [2.75, 3.05) is 13.7 Å². The lowest BCUT2D eigenvalue weighted by molar-refractivity contribution is -0.141. The second-order valence-corrected chi connectivity index (χ2v) is 4.65. The molecule has 0 amide bonds. The van der Waals surface area contributed by atoms with Gasteiger partial charge >= 0.3 is 5.97 Å². The lowest BCUT2D eigenvalue weighted by Crippen LogP contribution is -2.17. The molecule has 6 heteroatoms. The van der Waals surface area contributed by atoms with Gasteiger partial charge in [-0.25, -0.2) is 4.39 Å². The van der Waals surface area contributed by atoms with E-state index in [9.17, 15) is 9.18 Å². The zero-order valence-corrected chi connectivity index (χ0v) is 10.5. The van der Waals surface area contributed by atoms with Gasteiger partial charge in [-0.3, -0.25) is 4.79 Å². The van der Waals surface area contributed by atoms with E-state index in [0.29, 0.717) is 24.3 Å². The summed E-state index contributed by atoms with van der Waals surface area (Å²) in [5, 5.41) is 12.2. The van der Waals surface area contributed by atoms with Gasteiger partial charge in [0.25, 0.3) is 0 Å². The maximum Gasteiger partial charge on any atom is 0.307 e. The van der Waals surface area contributed by atoms with Crippen LogP contribution >= 0.6 is 11.6 Å². The number of benzene rings is 1. The van der Waals surface area contributed by atoms with Crippen molar-refractivity contribution in [2.24, 2.45) is 5.92 Å². The van der Waals surface area contributed by atoms with Crippen molar-refractivity contribution in [3.8, 4) is 5.75 Å². The lowest BCUT2D eigenvalue weighted by atomic mass is 9.99. The minimum absolute atomic E-state index is 0.188. The summed E-state index contributed by atoms with van der Waals surface area (Å²) in [7, 11) is 1.45. The molecular weight excluding hydrogens is 261 g/mol. The maximum atomic E-state index is 13.4. The van der Waals surface area contributed by atoms with Crippen LogP contribution in [0.5, 0.6) is 5.75 Å². The minimum Gasteiger partial charge on any atom is -0.495 e. The molecule has 1 heterocycles. The summed E-state index contributed by atoms with van der Waals surface area (Å²) in [5.74, 6) is -1.40. The van der Waals surface area contributed by atoms with Crippen LogP contribution in [0.4, 0.5) is 4.39 Å². The highest BCUT2D eigenvalue weighted by atomic mass is 35.5. The van der Waals surface area contributed by atoms with Crippen LogP contribution in [-0.2, 0) is 4.79 Å². The first kappa shape index (κ1) is 13.1. The van der Waals surface area contributed by atoms with Crippen LogP contribution < -0.4 is 10.1 Å². The number of rotatable bonds is 3. The number of halogens is 2. The van der Waals surface area contributed by atoms with Crippen molar-refractivity contribution in [3.05, 3.63) is 28.5 Å². The Morgan fingerprint density at radius 2 is 2.33 bits per heavy atom. The Morgan fingerprint density at radius 1 is 1.61 bits per heavy atom. The third kappa shape index (κ3) is 2.42. The summed E-state index contributed by atoms with van der Waals surface area (Å²) >= 11 is 5.90. The summed E-state index contributed by atoms with van der Waals surface area (Å²) in [6.07, 6.45) is 0.394. The second-order valence-electron chi connectivity index (χ2n) is 4.24. The van der Waals surface area contributed by atoms with Gasteiger partial charge in [0, 0.05) is 18.2 Å². The van der Waals surface area contributed by atoms with E-state index in [1.165, 1.54) is 19.2 Å². The molecule has 1 aromatic carbocycles. The lowest BCUT2D eigenvalue weighted by Gasteiger charge is -2.16. The average Bonchev–Trinajstić information content (AvgIpc) is 2.77. The molecule has 2 rings (SSSR count). The second kappa shape index (κ2) is 5.12. The molecule has 0 saturated carbocycles. The van der Waals surface area contributed by atoms with Crippen LogP contribution in [-0.4, -0.2) is 24.7 Å². The predicted molar refractivity (Wildman–Crippen MR) is 64.4 cm³/mol. The molecule has 2 N–H and O–H groups in total. The summed E-state index contributed by atoms with van der Waals surface area (Å²) in [4.78, 5) is 10.9. The fourth-order valence-electron chi connectivity index (χ4n) is 2.22. The SMILES string of the molecule is COc1c(Cl)cc(F)cc1C1CC(C(=O)O)CN1. The number of ether oxygens (including phenoxy) is 1. The van der Waals surface area contributed by atoms with Crippen molar-refractivity contribution in [1.82, 2.24) is 5.32 Å². The van der Waals surface area contributed by atoms with E-state index in [-0.39, 0.29) is 11.1 Å². The zero-order valence-electron chi connectivity index (χ0n) is 9.74. The molecule has 2 unspecified atom stereocenters. The van der Waals surface area contributed by atoms with E-state index >= 15 is 0 Å². The first-order valence-electron chi connectivity index (χ1n) is 5.52. The first-order valence-corrected chi connectivity index (χ1v) is 5.90. The van der Waals surface area contributed by atoms with Gasteiger partial charge in [-0.15, -0.1) is 0 Å². The standard InChI is InChI=1S/C12H13ClFNO3/c1-18-11-8(3-7(14)4-9(11)13)10-2-6(5-15-10)12(16)17/h3-4,6,10,15H,2,5H2,1H3,(H,16,17). The molecule has 1 aromatic rings. The molecular formula is C12H13ClFNO3. The fourth-order valence-corrected chi connectivity index (χ4v) is 2.51. The monoisotopic (exact) mass is 273 g/mol. The molecule has 98 valence electrons. The number of carbonyl (C=O) groups is 1. The van der Waals surface area contributed by atoms with Crippen LogP contribution in [0, 0.1) is 11.7 Å². The molecule has 0 aliphatic carbocycles. The normalized spacial score (nSPS) is 23.1. The fraction of sp³-hybridized carbons (Fsp3) is 0.417. The van der Waals surface area contributed by atoms with E-state index in [2.05, 4.69) is 5.32 Å². The van der Waals surface area contributed by atoms with Crippen LogP contribution in [0.15, 0.2) is 12.1 Å². The molecule has 0 aromatic heterocycles. The number of hydrogen-bond donors (Lipinski definition) is 2. The van der Waals surface area contributed by atoms with E-state index < -0.39 is 17.7 Å². The molecule has 0 spiro atoms. The van der Waals surface area contributed by atoms with E-state index in [4.69, 9.17) is 21.4 Å². The minimum atomic E-state index is -0.855. The van der Waals surface area contributed by atoms with Crippen LogP contribution in [0.2, 0.25) is 5.02 Å². The van der Waals surface area contributed by atoms with Crippen molar-refractivity contribution in [2.45, 2.75) is 12.5 Å². The molecule has 4 nitrogen and oxygen atoms in total. The Balaban J connectivity index is 2.31. The van der Waals surface area contributed by atoms with Crippen LogP contribution in [0.1, 0.15) is 18.0 Å². The third-order valence-electron chi connectivity index (χ3n) is 3.10. The van der Waals surface area contributed by atoms with Gasteiger partial charge in [0.2, 0.25) is 0 Å². The number of methoxy groups -OCH3 is 1. The van der Waals surface area contributed by atoms with Crippen molar-refractivity contribution < 1.29 is 19.0 Å². The number of nitrogens with one attached hydrogen (secondary N) is 1. The van der Waals surface area contributed by atoms with Crippen molar-refractivity contribution in [3.63, 3.8) is 0 Å². The number of carboxylic acid groups (broad SMARTS) is 1. The Kier molecular flexibility index (Phi) is 3.73. The quantitative estimate of drug-likeness (QED) is 0.887. The first-order chi connectivity index (χ1) is 8.52.